The number of barbiturate groups is 1. The number of imide groups is 2. The molecule has 1 aliphatic heterocycles. The lowest BCUT2D eigenvalue weighted by Crippen LogP contribution is -2.54. The topological polar surface area (TPSA) is 79.6 Å². The Balaban J connectivity index is 1.55. The molecule has 0 spiro atoms. The van der Waals surface area contributed by atoms with E-state index in [-0.39, 0.29) is 5.57 Å². The molecule has 1 N–H and O–H groups in total. The SMILES string of the molecule is O=C1NC(=O)N(c2ccc(Cl)cc2)C(=O)C1=Cc1ccc(SC2CCCCC2)o1. The standard InChI is InChI=1S/C21H19ClN2O4S/c22-13-6-8-14(9-7-13)24-20(26)17(19(25)23-21(24)27)12-15-10-11-18(28-15)29-16-4-2-1-3-5-16/h6-12,16H,1-5H2,(H,23,25,27). The van der Waals surface area contributed by atoms with E-state index in [1.807, 2.05) is 6.07 Å². The minimum atomic E-state index is -0.799. The molecular weight excluding hydrogens is 412 g/mol. The van der Waals surface area contributed by atoms with E-state index < -0.39 is 17.8 Å². The highest BCUT2D eigenvalue weighted by molar-refractivity contribution is 7.99. The lowest BCUT2D eigenvalue weighted by Gasteiger charge is -2.26. The van der Waals surface area contributed by atoms with Crippen LogP contribution < -0.4 is 10.2 Å². The number of halogens is 1. The van der Waals surface area contributed by atoms with Gasteiger partial charge in [-0.15, -0.1) is 0 Å². The van der Waals surface area contributed by atoms with Gasteiger partial charge in [0.2, 0.25) is 0 Å². The van der Waals surface area contributed by atoms with Gasteiger partial charge < -0.3 is 4.42 Å². The van der Waals surface area contributed by atoms with Gasteiger partial charge >= 0.3 is 6.03 Å². The van der Waals surface area contributed by atoms with E-state index in [1.165, 1.54) is 38.2 Å². The van der Waals surface area contributed by atoms with Crippen molar-refractivity contribution in [2.45, 2.75) is 42.4 Å². The molecule has 2 heterocycles. The molecule has 0 unspecified atom stereocenters. The number of benzene rings is 1. The fourth-order valence-electron chi connectivity index (χ4n) is 3.45. The van der Waals surface area contributed by atoms with Crippen LogP contribution in [-0.2, 0) is 9.59 Å². The van der Waals surface area contributed by atoms with Gasteiger partial charge in [-0.05, 0) is 55.3 Å². The fraction of sp³-hybridized carbons (Fsp3) is 0.286. The highest BCUT2D eigenvalue weighted by atomic mass is 35.5. The van der Waals surface area contributed by atoms with Gasteiger partial charge in [-0.1, -0.05) is 42.6 Å². The van der Waals surface area contributed by atoms with Crippen LogP contribution in [0.2, 0.25) is 5.02 Å². The molecule has 1 aromatic carbocycles. The third-order valence-corrected chi connectivity index (χ3v) is 6.42. The molecule has 29 heavy (non-hydrogen) atoms. The van der Waals surface area contributed by atoms with Gasteiger partial charge in [0.15, 0.2) is 5.09 Å². The lowest BCUT2D eigenvalue weighted by atomic mass is 10.0. The molecule has 4 amide bonds. The van der Waals surface area contributed by atoms with Crippen LogP contribution in [0.1, 0.15) is 37.9 Å². The summed E-state index contributed by atoms with van der Waals surface area (Å²) in [5, 5.41) is 3.97. The lowest BCUT2D eigenvalue weighted by molar-refractivity contribution is -0.122. The van der Waals surface area contributed by atoms with Crippen molar-refractivity contribution in [3.05, 3.63) is 52.8 Å². The highest BCUT2D eigenvalue weighted by Crippen LogP contribution is 2.35. The molecular formula is C21H19ClN2O4S. The van der Waals surface area contributed by atoms with Crippen molar-refractivity contribution >= 4 is 53.0 Å². The summed E-state index contributed by atoms with van der Waals surface area (Å²) in [4.78, 5) is 38.2. The summed E-state index contributed by atoms with van der Waals surface area (Å²) in [6, 6.07) is 8.99. The monoisotopic (exact) mass is 430 g/mol. The number of hydrogen-bond donors (Lipinski definition) is 1. The number of amides is 4. The van der Waals surface area contributed by atoms with Crippen LogP contribution in [0.4, 0.5) is 10.5 Å². The first-order chi connectivity index (χ1) is 14.0. The van der Waals surface area contributed by atoms with E-state index in [0.29, 0.717) is 21.7 Å². The Morgan fingerprint density at radius 3 is 2.48 bits per heavy atom. The summed E-state index contributed by atoms with van der Waals surface area (Å²) in [5.41, 5.74) is 0.159. The second kappa shape index (κ2) is 8.47. The zero-order chi connectivity index (χ0) is 20.4. The van der Waals surface area contributed by atoms with Crippen molar-refractivity contribution in [1.82, 2.24) is 5.32 Å². The molecule has 1 saturated heterocycles. The van der Waals surface area contributed by atoms with E-state index >= 15 is 0 Å². The van der Waals surface area contributed by atoms with Gasteiger partial charge in [0.25, 0.3) is 11.8 Å². The highest BCUT2D eigenvalue weighted by Gasteiger charge is 2.37. The van der Waals surface area contributed by atoms with Gasteiger partial charge in [0, 0.05) is 10.3 Å². The maximum Gasteiger partial charge on any atom is 0.335 e. The van der Waals surface area contributed by atoms with Gasteiger partial charge in [-0.3, -0.25) is 14.9 Å². The molecule has 0 bridgehead atoms. The largest absolute Gasteiger partial charge is 0.450 e. The third kappa shape index (κ3) is 4.41. The van der Waals surface area contributed by atoms with Crippen LogP contribution in [0.3, 0.4) is 0 Å². The molecule has 2 aliphatic rings. The average molecular weight is 431 g/mol. The van der Waals surface area contributed by atoms with Crippen LogP contribution in [0.15, 0.2) is 51.5 Å². The van der Waals surface area contributed by atoms with Crippen LogP contribution in [0.5, 0.6) is 0 Å². The van der Waals surface area contributed by atoms with Gasteiger partial charge in [0.1, 0.15) is 11.3 Å². The summed E-state index contributed by atoms with van der Waals surface area (Å²) in [7, 11) is 0. The van der Waals surface area contributed by atoms with Crippen molar-refractivity contribution in [2.24, 2.45) is 0 Å². The normalized spacial score (nSPS) is 19.7. The van der Waals surface area contributed by atoms with Crippen LogP contribution in [0, 0.1) is 0 Å². The fourth-order valence-corrected chi connectivity index (χ4v) is 4.76. The number of thioether (sulfide) groups is 1. The van der Waals surface area contributed by atoms with Crippen LogP contribution in [0.25, 0.3) is 6.08 Å². The predicted octanol–water partition coefficient (Wildman–Crippen LogP) is 5.02. The zero-order valence-electron chi connectivity index (χ0n) is 15.5. The predicted molar refractivity (Wildman–Crippen MR) is 112 cm³/mol. The van der Waals surface area contributed by atoms with E-state index in [2.05, 4.69) is 5.32 Å². The number of carbonyl (C=O) groups is 3. The number of carbonyl (C=O) groups excluding carboxylic acids is 3. The Hall–Kier alpha value is -2.51. The van der Waals surface area contributed by atoms with Gasteiger partial charge in [-0.2, -0.15) is 0 Å². The Labute approximate surface area is 177 Å². The quantitative estimate of drug-likeness (QED) is 0.544. The minimum absolute atomic E-state index is 0.164. The molecule has 150 valence electrons. The summed E-state index contributed by atoms with van der Waals surface area (Å²) in [6.45, 7) is 0. The summed E-state index contributed by atoms with van der Waals surface area (Å²) in [5.74, 6) is -1.06. The second-order valence-corrected chi connectivity index (χ2v) is 8.71. The van der Waals surface area contributed by atoms with Crippen molar-refractivity contribution in [3.8, 4) is 0 Å². The molecule has 2 fully saturated rings. The number of urea groups is 1. The molecule has 4 rings (SSSR count). The maximum absolute atomic E-state index is 12.9. The first kappa shape index (κ1) is 19.8. The number of furan rings is 1. The Kier molecular flexibility index (Phi) is 5.78. The number of nitrogens with one attached hydrogen (secondary N) is 1. The van der Waals surface area contributed by atoms with E-state index in [0.717, 1.165) is 9.99 Å². The van der Waals surface area contributed by atoms with E-state index in [1.54, 1.807) is 42.1 Å². The van der Waals surface area contributed by atoms with E-state index in [9.17, 15) is 14.4 Å². The van der Waals surface area contributed by atoms with Crippen molar-refractivity contribution < 1.29 is 18.8 Å². The van der Waals surface area contributed by atoms with E-state index in [4.69, 9.17) is 16.0 Å². The molecule has 6 nitrogen and oxygen atoms in total. The minimum Gasteiger partial charge on any atom is -0.450 e. The Morgan fingerprint density at radius 2 is 1.76 bits per heavy atom. The Morgan fingerprint density at radius 1 is 1.03 bits per heavy atom. The number of nitrogens with zero attached hydrogens (tertiary/aromatic N) is 1. The number of anilines is 1. The van der Waals surface area contributed by atoms with Gasteiger partial charge in [0.05, 0.1) is 5.69 Å². The zero-order valence-corrected chi connectivity index (χ0v) is 17.1. The first-order valence-corrected chi connectivity index (χ1v) is 10.7. The smallest absolute Gasteiger partial charge is 0.335 e. The molecule has 0 atom stereocenters. The second-order valence-electron chi connectivity index (χ2n) is 6.97. The molecule has 2 aromatic rings. The first-order valence-electron chi connectivity index (χ1n) is 9.45. The third-order valence-electron chi connectivity index (χ3n) is 4.91. The average Bonchev–Trinajstić information content (AvgIpc) is 3.14. The van der Waals surface area contributed by atoms with Crippen molar-refractivity contribution in [1.29, 1.82) is 0 Å². The molecule has 1 aromatic heterocycles. The number of rotatable bonds is 4. The van der Waals surface area contributed by atoms with Crippen LogP contribution in [-0.4, -0.2) is 23.1 Å². The Bertz CT molecular complexity index is 977. The number of hydrogen-bond acceptors (Lipinski definition) is 5. The van der Waals surface area contributed by atoms with Crippen molar-refractivity contribution in [2.75, 3.05) is 4.90 Å². The van der Waals surface area contributed by atoms with Crippen molar-refractivity contribution in [3.63, 3.8) is 0 Å². The maximum atomic E-state index is 12.9. The summed E-state index contributed by atoms with van der Waals surface area (Å²) < 4.78 is 5.80. The summed E-state index contributed by atoms with van der Waals surface area (Å²) >= 11 is 7.56. The molecule has 1 aliphatic carbocycles. The van der Waals surface area contributed by atoms with Gasteiger partial charge in [-0.25, -0.2) is 9.69 Å². The molecule has 0 radical (unpaired) electrons. The van der Waals surface area contributed by atoms with Crippen LogP contribution >= 0.6 is 23.4 Å². The summed E-state index contributed by atoms with van der Waals surface area (Å²) in [6.07, 6.45) is 7.46. The molecule has 1 saturated carbocycles. The molecule has 8 heteroatoms.